The fourth-order valence-electron chi connectivity index (χ4n) is 2.72. The molecule has 0 aliphatic heterocycles. The van der Waals surface area contributed by atoms with Crippen LogP contribution in [0.1, 0.15) is 13.8 Å². The van der Waals surface area contributed by atoms with Crippen molar-refractivity contribution in [2.75, 3.05) is 0 Å². The van der Waals surface area contributed by atoms with Gasteiger partial charge < -0.3 is 9.72 Å². The molecule has 0 fully saturated rings. The van der Waals surface area contributed by atoms with E-state index < -0.39 is 0 Å². The Morgan fingerprint density at radius 3 is 2.72 bits per heavy atom. The minimum Gasteiger partial charge on any atom is -0.352 e. The summed E-state index contributed by atoms with van der Waals surface area (Å²) in [5.41, 5.74) is 1.75. The number of halogens is 2. The van der Waals surface area contributed by atoms with E-state index in [1.54, 1.807) is 16.5 Å². The maximum Gasteiger partial charge on any atom is 0.275 e. The van der Waals surface area contributed by atoms with Gasteiger partial charge >= 0.3 is 0 Å². The molecule has 0 aliphatic rings. The molecule has 2 aromatic heterocycles. The molecule has 0 saturated heterocycles. The molecule has 0 aliphatic carbocycles. The van der Waals surface area contributed by atoms with Crippen LogP contribution in [0.25, 0.3) is 16.8 Å². The summed E-state index contributed by atoms with van der Waals surface area (Å²) in [6.45, 7) is 3.73. The van der Waals surface area contributed by atoms with E-state index in [1.165, 1.54) is 4.57 Å². The molecule has 130 valence electrons. The fraction of sp³-hybridized carbons (Fsp3) is 0.222. The molecule has 1 aromatic carbocycles. The van der Waals surface area contributed by atoms with Crippen LogP contribution in [0.2, 0.25) is 5.02 Å². The molecule has 0 spiro atoms. The summed E-state index contributed by atoms with van der Waals surface area (Å²) in [4.78, 5) is 25.2. The number of rotatable bonds is 4. The smallest absolute Gasteiger partial charge is 0.275 e. The molecule has 2 heterocycles. The third-order valence-electron chi connectivity index (χ3n) is 3.70. The molecule has 0 unspecified atom stereocenters. The van der Waals surface area contributed by atoms with E-state index in [0.29, 0.717) is 16.2 Å². The van der Waals surface area contributed by atoms with Crippen LogP contribution < -0.4 is 10.9 Å². The molecule has 5 nitrogen and oxygen atoms in total. The van der Waals surface area contributed by atoms with Crippen molar-refractivity contribution in [3.63, 3.8) is 0 Å². The van der Waals surface area contributed by atoms with Gasteiger partial charge in [0.15, 0.2) is 0 Å². The summed E-state index contributed by atoms with van der Waals surface area (Å²) in [5.74, 6) is -0.203. The number of aromatic nitrogens is 2. The summed E-state index contributed by atoms with van der Waals surface area (Å²) in [6, 6.07) is 9.07. The van der Waals surface area contributed by atoms with Crippen molar-refractivity contribution in [2.45, 2.75) is 26.4 Å². The highest BCUT2D eigenvalue weighted by atomic mass is 127. The van der Waals surface area contributed by atoms with Gasteiger partial charge in [0.05, 0.1) is 5.69 Å². The van der Waals surface area contributed by atoms with Gasteiger partial charge in [0.1, 0.15) is 12.1 Å². The lowest BCUT2D eigenvalue weighted by atomic mass is 10.1. The largest absolute Gasteiger partial charge is 0.352 e. The highest BCUT2D eigenvalue weighted by Gasteiger charge is 2.15. The number of hydrogen-bond acceptors (Lipinski definition) is 2. The van der Waals surface area contributed by atoms with Crippen molar-refractivity contribution < 1.29 is 4.79 Å². The highest BCUT2D eigenvalue weighted by Crippen LogP contribution is 2.23. The molecule has 0 saturated carbocycles. The third-order valence-corrected chi connectivity index (χ3v) is 4.53. The number of hydrogen-bond donors (Lipinski definition) is 1. The Labute approximate surface area is 163 Å². The predicted octanol–water partition coefficient (Wildman–Crippen LogP) is 3.55. The molecule has 25 heavy (non-hydrogen) atoms. The predicted molar refractivity (Wildman–Crippen MR) is 108 cm³/mol. The number of amides is 1. The maximum absolute atomic E-state index is 13.0. The van der Waals surface area contributed by atoms with Crippen molar-refractivity contribution in [3.8, 4) is 11.3 Å². The molecule has 3 rings (SSSR count). The zero-order chi connectivity index (χ0) is 18.1. The zero-order valence-corrected chi connectivity index (χ0v) is 16.7. The first-order valence-corrected chi connectivity index (χ1v) is 9.27. The van der Waals surface area contributed by atoms with Gasteiger partial charge in [0.2, 0.25) is 5.91 Å². The van der Waals surface area contributed by atoms with E-state index in [4.69, 9.17) is 11.6 Å². The Hall–Kier alpha value is -1.80. The first kappa shape index (κ1) is 18.0. The molecular weight excluding hydrogens is 453 g/mol. The second kappa shape index (κ2) is 7.21. The average molecular weight is 470 g/mol. The quantitative estimate of drug-likeness (QED) is 0.594. The van der Waals surface area contributed by atoms with Crippen molar-refractivity contribution in [1.29, 1.82) is 0 Å². The summed E-state index contributed by atoms with van der Waals surface area (Å²) < 4.78 is 4.24. The summed E-state index contributed by atoms with van der Waals surface area (Å²) in [7, 11) is 0. The molecule has 0 radical (unpaired) electrons. The van der Waals surface area contributed by atoms with Gasteiger partial charge in [-0.25, -0.2) is 0 Å². The molecular formula is C18H17ClIN3O2. The first-order chi connectivity index (χ1) is 11.8. The van der Waals surface area contributed by atoms with Crippen molar-refractivity contribution in [1.82, 2.24) is 14.3 Å². The fourth-order valence-corrected chi connectivity index (χ4v) is 3.50. The van der Waals surface area contributed by atoms with Crippen LogP contribution in [0.5, 0.6) is 0 Å². The van der Waals surface area contributed by atoms with Gasteiger partial charge in [0, 0.05) is 32.6 Å². The SMILES string of the molecule is CC(C)NC(=O)Cn1c(-c2cccc(Cl)c2)cn2cc(I)cc2c1=O. The van der Waals surface area contributed by atoms with Crippen LogP contribution >= 0.6 is 34.2 Å². The first-order valence-electron chi connectivity index (χ1n) is 7.81. The standard InChI is InChI=1S/C18H17ClIN3O2/c1-11(2)21-17(24)10-23-16(12-4-3-5-13(19)6-12)9-22-8-14(20)7-15(22)18(23)25/h3-9,11H,10H2,1-2H3,(H,21,24). The lowest BCUT2D eigenvalue weighted by Crippen LogP contribution is -2.36. The van der Waals surface area contributed by atoms with Crippen LogP contribution in [0.15, 0.2) is 47.5 Å². The van der Waals surface area contributed by atoms with E-state index in [-0.39, 0.29) is 24.1 Å². The van der Waals surface area contributed by atoms with Crippen LogP contribution in [0, 0.1) is 3.57 Å². The minimum atomic E-state index is -0.209. The number of carbonyl (C=O) groups excluding carboxylic acids is 1. The number of carbonyl (C=O) groups is 1. The van der Waals surface area contributed by atoms with Gasteiger partial charge in [-0.2, -0.15) is 0 Å². The second-order valence-electron chi connectivity index (χ2n) is 6.09. The molecule has 0 atom stereocenters. The highest BCUT2D eigenvalue weighted by molar-refractivity contribution is 14.1. The van der Waals surface area contributed by atoms with Gasteiger partial charge in [-0.3, -0.25) is 14.2 Å². The van der Waals surface area contributed by atoms with Gasteiger partial charge in [-0.15, -0.1) is 0 Å². The van der Waals surface area contributed by atoms with Gasteiger partial charge in [-0.05, 0) is 54.6 Å². The summed E-state index contributed by atoms with van der Waals surface area (Å²) in [6.07, 6.45) is 3.73. The Kier molecular flexibility index (Phi) is 5.19. The molecule has 7 heteroatoms. The lowest BCUT2D eigenvalue weighted by molar-refractivity contribution is -0.122. The van der Waals surface area contributed by atoms with E-state index in [0.717, 1.165) is 9.13 Å². The Morgan fingerprint density at radius 2 is 2.04 bits per heavy atom. The lowest BCUT2D eigenvalue weighted by Gasteiger charge is -2.15. The van der Waals surface area contributed by atoms with Crippen molar-refractivity contribution >= 4 is 45.6 Å². The number of nitrogens with one attached hydrogen (secondary N) is 1. The monoisotopic (exact) mass is 469 g/mol. The molecule has 1 amide bonds. The van der Waals surface area contributed by atoms with Crippen LogP contribution in [0.4, 0.5) is 0 Å². The molecule has 3 aromatic rings. The van der Waals surface area contributed by atoms with E-state index >= 15 is 0 Å². The normalized spacial score (nSPS) is 11.2. The topological polar surface area (TPSA) is 55.5 Å². The maximum atomic E-state index is 13.0. The van der Waals surface area contributed by atoms with E-state index in [2.05, 4.69) is 27.9 Å². The van der Waals surface area contributed by atoms with Crippen LogP contribution in [-0.4, -0.2) is 20.9 Å². The Morgan fingerprint density at radius 1 is 1.28 bits per heavy atom. The number of benzene rings is 1. The van der Waals surface area contributed by atoms with Crippen LogP contribution in [-0.2, 0) is 11.3 Å². The van der Waals surface area contributed by atoms with Crippen LogP contribution in [0.3, 0.4) is 0 Å². The molecule has 1 N–H and O–H groups in total. The van der Waals surface area contributed by atoms with E-state index in [1.807, 2.05) is 44.4 Å². The van der Waals surface area contributed by atoms with Crippen molar-refractivity contribution in [2.24, 2.45) is 0 Å². The third kappa shape index (κ3) is 3.90. The summed E-state index contributed by atoms with van der Waals surface area (Å²) >= 11 is 8.27. The number of nitrogens with zero attached hydrogens (tertiary/aromatic N) is 2. The average Bonchev–Trinajstić information content (AvgIpc) is 2.90. The zero-order valence-electron chi connectivity index (χ0n) is 13.8. The van der Waals surface area contributed by atoms with Gasteiger partial charge in [0.25, 0.3) is 5.56 Å². The van der Waals surface area contributed by atoms with Crippen molar-refractivity contribution in [3.05, 3.63) is 61.7 Å². The number of fused-ring (bicyclic) bond motifs is 1. The summed E-state index contributed by atoms with van der Waals surface area (Å²) in [5, 5.41) is 3.40. The van der Waals surface area contributed by atoms with E-state index in [9.17, 15) is 9.59 Å². The minimum absolute atomic E-state index is 0.0100. The second-order valence-corrected chi connectivity index (χ2v) is 7.77. The Balaban J connectivity index is 2.20. The molecule has 0 bridgehead atoms. The van der Waals surface area contributed by atoms with Gasteiger partial charge in [-0.1, -0.05) is 23.7 Å². The Bertz CT molecular complexity index is 1010.